The summed E-state index contributed by atoms with van der Waals surface area (Å²) in [4.78, 5) is 0. The van der Waals surface area contributed by atoms with Gasteiger partial charge in [-0.3, -0.25) is 0 Å². The van der Waals surface area contributed by atoms with Crippen molar-refractivity contribution >= 4 is 0 Å². The van der Waals surface area contributed by atoms with Crippen LogP contribution in [0.1, 0.15) is 58.8 Å². The Morgan fingerprint density at radius 3 is 2.27 bits per heavy atom. The lowest BCUT2D eigenvalue weighted by atomic mass is 10.0. The van der Waals surface area contributed by atoms with Gasteiger partial charge in [-0.2, -0.15) is 5.26 Å². The van der Waals surface area contributed by atoms with Crippen LogP contribution in [0.5, 0.6) is 0 Å². The molecule has 0 heterocycles. The molecule has 2 heteroatoms. The first-order valence-corrected chi connectivity index (χ1v) is 5.95. The molecule has 86 valence electrons. The Kier molecular flexibility index (Phi) is 9.21. The van der Waals surface area contributed by atoms with Crippen LogP contribution in [0.2, 0.25) is 0 Å². The van der Waals surface area contributed by atoms with Crippen molar-refractivity contribution in [1.29, 1.82) is 5.26 Å². The number of hydrogen-bond acceptors (Lipinski definition) is 2. The molecule has 0 amide bonds. The Labute approximate surface area is 93.6 Å². The highest BCUT2D eigenvalue weighted by atomic mass is 16.3. The molecule has 0 aromatic heterocycles. The summed E-state index contributed by atoms with van der Waals surface area (Å²) < 4.78 is 0. The van der Waals surface area contributed by atoms with E-state index in [1.54, 1.807) is 0 Å². The minimum atomic E-state index is 0.0126. The Morgan fingerprint density at radius 1 is 1.13 bits per heavy atom. The van der Waals surface area contributed by atoms with Crippen molar-refractivity contribution in [3.8, 4) is 6.07 Å². The molecule has 1 N–H and O–H groups in total. The van der Waals surface area contributed by atoms with Crippen molar-refractivity contribution in [3.05, 3.63) is 11.1 Å². The molecule has 0 unspecified atom stereocenters. The highest BCUT2D eigenvalue weighted by Crippen LogP contribution is 2.14. The molecule has 2 nitrogen and oxygen atoms in total. The third-order valence-electron chi connectivity index (χ3n) is 2.67. The topological polar surface area (TPSA) is 44.0 Å². The molecule has 0 aromatic carbocycles. The second kappa shape index (κ2) is 9.73. The van der Waals surface area contributed by atoms with Gasteiger partial charge < -0.3 is 5.11 Å². The van der Waals surface area contributed by atoms with Crippen molar-refractivity contribution in [2.75, 3.05) is 6.61 Å². The normalized spacial score (nSPS) is 12.1. The Morgan fingerprint density at radius 2 is 1.73 bits per heavy atom. The zero-order valence-corrected chi connectivity index (χ0v) is 10.1. The molecule has 0 aliphatic rings. The van der Waals surface area contributed by atoms with Gasteiger partial charge in [0.1, 0.15) is 0 Å². The molecule has 0 spiro atoms. The second-order valence-corrected chi connectivity index (χ2v) is 4.05. The average Bonchev–Trinajstić information content (AvgIpc) is 2.27. The van der Waals surface area contributed by atoms with Gasteiger partial charge in [0.25, 0.3) is 0 Å². The quantitative estimate of drug-likeness (QED) is 0.490. The van der Waals surface area contributed by atoms with Gasteiger partial charge in [0.15, 0.2) is 0 Å². The summed E-state index contributed by atoms with van der Waals surface area (Å²) in [5, 5.41) is 17.7. The van der Waals surface area contributed by atoms with E-state index in [9.17, 15) is 0 Å². The molecular formula is C13H23NO. The van der Waals surface area contributed by atoms with Crippen LogP contribution in [0.15, 0.2) is 11.1 Å². The third-order valence-corrected chi connectivity index (χ3v) is 2.67. The molecule has 0 atom stereocenters. The maximum absolute atomic E-state index is 8.90. The fraction of sp³-hybridized carbons (Fsp3) is 0.769. The minimum Gasteiger partial charge on any atom is -0.392 e. The molecule has 0 saturated carbocycles. The van der Waals surface area contributed by atoms with Crippen LogP contribution >= 0.6 is 0 Å². The van der Waals surface area contributed by atoms with Crippen LogP contribution in [0, 0.1) is 11.3 Å². The van der Waals surface area contributed by atoms with E-state index in [0.29, 0.717) is 0 Å². The van der Waals surface area contributed by atoms with Gasteiger partial charge in [0.05, 0.1) is 12.7 Å². The molecule has 0 rings (SSSR count). The van der Waals surface area contributed by atoms with Crippen LogP contribution in [-0.4, -0.2) is 11.7 Å². The van der Waals surface area contributed by atoms with Crippen LogP contribution in [0.25, 0.3) is 0 Å². The maximum Gasteiger partial charge on any atom is 0.0947 e. The molecule has 15 heavy (non-hydrogen) atoms. The standard InChI is InChI=1S/C13H23NO/c1-3-4-5-6-7-8-9-13(10-14)12(2)11-15/h15H,3-9,11H2,1-2H3/b13-12-. The zero-order chi connectivity index (χ0) is 11.5. The number of aliphatic hydroxyl groups is 1. The van der Waals surface area contributed by atoms with Gasteiger partial charge in [-0.1, -0.05) is 39.0 Å². The van der Waals surface area contributed by atoms with Gasteiger partial charge in [-0.25, -0.2) is 0 Å². The summed E-state index contributed by atoms with van der Waals surface area (Å²) in [7, 11) is 0. The van der Waals surface area contributed by atoms with E-state index in [1.807, 2.05) is 6.92 Å². The highest BCUT2D eigenvalue weighted by Gasteiger charge is 2.00. The SMILES string of the molecule is CCCCCCCC/C(C#N)=C(\C)CO. The lowest BCUT2D eigenvalue weighted by Gasteiger charge is -2.03. The molecule has 0 bridgehead atoms. The van der Waals surface area contributed by atoms with Crippen LogP contribution < -0.4 is 0 Å². The number of allylic oxidation sites excluding steroid dienone is 1. The zero-order valence-electron chi connectivity index (χ0n) is 10.1. The van der Waals surface area contributed by atoms with Crippen LogP contribution in [0.4, 0.5) is 0 Å². The van der Waals surface area contributed by atoms with E-state index in [0.717, 1.165) is 24.0 Å². The first-order chi connectivity index (χ1) is 7.26. The number of hydrogen-bond donors (Lipinski definition) is 1. The fourth-order valence-corrected chi connectivity index (χ4v) is 1.54. The largest absolute Gasteiger partial charge is 0.392 e. The van der Waals surface area contributed by atoms with Gasteiger partial charge in [0.2, 0.25) is 0 Å². The first-order valence-electron chi connectivity index (χ1n) is 5.95. The van der Waals surface area contributed by atoms with Crippen LogP contribution in [0.3, 0.4) is 0 Å². The van der Waals surface area contributed by atoms with Crippen LogP contribution in [-0.2, 0) is 0 Å². The highest BCUT2D eigenvalue weighted by molar-refractivity contribution is 5.26. The third kappa shape index (κ3) is 7.16. The summed E-state index contributed by atoms with van der Waals surface area (Å²) >= 11 is 0. The number of unbranched alkanes of at least 4 members (excludes halogenated alkanes) is 5. The monoisotopic (exact) mass is 209 g/mol. The van der Waals surface area contributed by atoms with Crippen molar-refractivity contribution in [2.24, 2.45) is 0 Å². The van der Waals surface area contributed by atoms with Crippen molar-refractivity contribution in [3.63, 3.8) is 0 Å². The summed E-state index contributed by atoms with van der Waals surface area (Å²) in [6.45, 7) is 4.05. The van der Waals surface area contributed by atoms with E-state index < -0.39 is 0 Å². The molecule has 0 aliphatic carbocycles. The predicted octanol–water partition coefficient (Wildman–Crippen LogP) is 3.57. The van der Waals surface area contributed by atoms with Gasteiger partial charge >= 0.3 is 0 Å². The lowest BCUT2D eigenvalue weighted by Crippen LogP contribution is -1.92. The fourth-order valence-electron chi connectivity index (χ4n) is 1.54. The van der Waals surface area contributed by atoms with Gasteiger partial charge in [-0.15, -0.1) is 0 Å². The Hall–Kier alpha value is -0.810. The Bertz CT molecular complexity index is 225. The first kappa shape index (κ1) is 14.2. The summed E-state index contributed by atoms with van der Waals surface area (Å²) in [5.41, 5.74) is 1.60. The van der Waals surface area contributed by atoms with Crippen molar-refractivity contribution in [1.82, 2.24) is 0 Å². The Balaban J connectivity index is 3.62. The summed E-state index contributed by atoms with van der Waals surface area (Å²) in [6, 6.07) is 2.17. The van der Waals surface area contributed by atoms with E-state index >= 15 is 0 Å². The number of aliphatic hydroxyl groups excluding tert-OH is 1. The second-order valence-electron chi connectivity index (χ2n) is 4.05. The molecule has 0 fully saturated rings. The number of nitriles is 1. The average molecular weight is 209 g/mol. The summed E-state index contributed by atoms with van der Waals surface area (Å²) in [6.07, 6.45) is 8.26. The molecule has 0 aromatic rings. The molecule has 0 aliphatic heterocycles. The van der Waals surface area contributed by atoms with E-state index in [1.165, 1.54) is 32.1 Å². The van der Waals surface area contributed by atoms with Crippen molar-refractivity contribution in [2.45, 2.75) is 58.8 Å². The predicted molar refractivity (Wildman–Crippen MR) is 63.4 cm³/mol. The minimum absolute atomic E-state index is 0.0126. The summed E-state index contributed by atoms with van der Waals surface area (Å²) in [5.74, 6) is 0. The van der Waals surface area contributed by atoms with E-state index in [4.69, 9.17) is 10.4 Å². The number of nitrogens with zero attached hydrogens (tertiary/aromatic N) is 1. The van der Waals surface area contributed by atoms with Crippen molar-refractivity contribution < 1.29 is 5.11 Å². The van der Waals surface area contributed by atoms with Gasteiger partial charge in [-0.05, 0) is 25.3 Å². The maximum atomic E-state index is 8.90. The molecule has 0 radical (unpaired) electrons. The lowest BCUT2D eigenvalue weighted by molar-refractivity contribution is 0.330. The molecule has 0 saturated heterocycles. The smallest absolute Gasteiger partial charge is 0.0947 e. The molecular weight excluding hydrogens is 186 g/mol. The van der Waals surface area contributed by atoms with Gasteiger partial charge in [0, 0.05) is 5.57 Å². The van der Waals surface area contributed by atoms with E-state index in [-0.39, 0.29) is 6.61 Å². The number of rotatable bonds is 8. The van der Waals surface area contributed by atoms with E-state index in [2.05, 4.69) is 13.0 Å².